The van der Waals surface area contributed by atoms with Crippen LogP contribution in [0.5, 0.6) is 5.75 Å². The zero-order valence-electron chi connectivity index (χ0n) is 14.0. The van der Waals surface area contributed by atoms with Crippen molar-refractivity contribution < 1.29 is 4.74 Å². The average Bonchev–Trinajstić information content (AvgIpc) is 2.63. The van der Waals surface area contributed by atoms with Crippen LogP contribution in [0.15, 0.2) is 54.7 Å². The highest BCUT2D eigenvalue weighted by atomic mass is 16.5. The van der Waals surface area contributed by atoms with Gasteiger partial charge < -0.3 is 15.4 Å². The van der Waals surface area contributed by atoms with Gasteiger partial charge in [0, 0.05) is 31.4 Å². The average molecular weight is 320 g/mol. The van der Waals surface area contributed by atoms with Crippen LogP contribution in [-0.2, 0) is 0 Å². The second-order valence-corrected chi connectivity index (χ2v) is 5.31. The molecule has 0 saturated heterocycles. The summed E-state index contributed by atoms with van der Waals surface area (Å²) in [6.45, 7) is 0. The molecule has 5 heteroatoms. The van der Waals surface area contributed by atoms with Crippen LogP contribution in [0.2, 0.25) is 0 Å². The van der Waals surface area contributed by atoms with E-state index in [9.17, 15) is 0 Å². The number of aromatic nitrogens is 1. The summed E-state index contributed by atoms with van der Waals surface area (Å²) in [6, 6.07) is 17.5. The van der Waals surface area contributed by atoms with E-state index in [1.165, 1.54) is 6.20 Å². The van der Waals surface area contributed by atoms with Gasteiger partial charge in [-0.3, -0.25) is 4.98 Å². The van der Waals surface area contributed by atoms with Gasteiger partial charge in [0.2, 0.25) is 0 Å². The molecular weight excluding hydrogens is 300 g/mol. The molecule has 0 fully saturated rings. The van der Waals surface area contributed by atoms with Crippen molar-refractivity contribution >= 4 is 22.3 Å². The first-order valence-corrected chi connectivity index (χ1v) is 7.41. The number of rotatable bonds is 2. The predicted molar refractivity (Wildman–Crippen MR) is 98.2 cm³/mol. The zero-order valence-corrected chi connectivity index (χ0v) is 14.0. The first-order valence-electron chi connectivity index (χ1n) is 7.41. The minimum atomic E-state index is 0.420. The van der Waals surface area contributed by atoms with Crippen LogP contribution in [0, 0.1) is 11.3 Å². The van der Waals surface area contributed by atoms with Crippen molar-refractivity contribution in [2.24, 2.45) is 0 Å². The number of pyridine rings is 1. The van der Waals surface area contributed by atoms with E-state index in [2.05, 4.69) is 4.98 Å². The molecule has 2 N–H and O–H groups in total. The number of nitrogens with two attached hydrogens (primary N) is 1. The number of nitrogen functional groups attached to an aromatic ring is 1. The first-order chi connectivity index (χ1) is 11.6. The molecule has 122 valence electrons. The summed E-state index contributed by atoms with van der Waals surface area (Å²) in [5, 5.41) is 9.70. The van der Waals surface area contributed by atoms with Crippen LogP contribution in [-0.4, -0.2) is 26.2 Å². The van der Waals surface area contributed by atoms with Crippen molar-refractivity contribution in [1.82, 2.24) is 4.98 Å². The van der Waals surface area contributed by atoms with E-state index in [4.69, 9.17) is 15.7 Å². The largest absolute Gasteiger partial charge is 0.497 e. The van der Waals surface area contributed by atoms with Crippen LogP contribution < -0.4 is 15.4 Å². The molecule has 0 amide bonds. The summed E-state index contributed by atoms with van der Waals surface area (Å²) in [5.74, 6) is 0.910. The van der Waals surface area contributed by atoms with Gasteiger partial charge in [-0.05, 0) is 30.3 Å². The molecule has 0 atom stereocenters. The molecule has 0 bridgehead atoms. The fourth-order valence-corrected chi connectivity index (χ4v) is 2.12. The molecule has 0 spiro atoms. The van der Waals surface area contributed by atoms with E-state index >= 15 is 0 Å². The SMILES string of the molecule is CN(C)c1ccc2ncc(C#N)c(N)c2c1.COc1ccccc1. The molecule has 3 rings (SSSR count). The number of hydrogen-bond donors (Lipinski definition) is 1. The standard InChI is InChI=1S/C12H12N4.C7H8O/c1-16(2)9-3-4-11-10(5-9)12(14)8(6-13)7-15-11;1-8-7-5-3-2-4-6-7/h3-5,7H,1-2H3,(H2,14,15);2-6H,1H3. The van der Waals surface area contributed by atoms with E-state index in [1.54, 1.807) is 7.11 Å². The molecule has 5 nitrogen and oxygen atoms in total. The highest BCUT2D eigenvalue weighted by molar-refractivity contribution is 5.94. The Morgan fingerprint density at radius 2 is 1.83 bits per heavy atom. The fraction of sp³-hybridized carbons (Fsp3) is 0.158. The Morgan fingerprint density at radius 1 is 1.12 bits per heavy atom. The third-order valence-corrected chi connectivity index (χ3v) is 3.51. The van der Waals surface area contributed by atoms with Crippen molar-refractivity contribution in [2.75, 3.05) is 31.8 Å². The van der Waals surface area contributed by atoms with Gasteiger partial charge in [-0.25, -0.2) is 0 Å². The second-order valence-electron chi connectivity index (χ2n) is 5.31. The zero-order chi connectivity index (χ0) is 17.5. The Balaban J connectivity index is 0.000000219. The Labute approximate surface area is 141 Å². The van der Waals surface area contributed by atoms with Gasteiger partial charge in [-0.1, -0.05) is 18.2 Å². The van der Waals surface area contributed by atoms with Gasteiger partial charge in [0.15, 0.2) is 0 Å². The lowest BCUT2D eigenvalue weighted by Crippen LogP contribution is -2.08. The van der Waals surface area contributed by atoms with Crippen LogP contribution >= 0.6 is 0 Å². The Bertz CT molecular complexity index is 854. The van der Waals surface area contributed by atoms with Crippen molar-refractivity contribution in [1.29, 1.82) is 5.26 Å². The molecule has 0 saturated carbocycles. The number of methoxy groups -OCH3 is 1. The molecule has 3 aromatic rings. The number of hydrogen-bond acceptors (Lipinski definition) is 5. The third kappa shape index (κ3) is 3.93. The van der Waals surface area contributed by atoms with E-state index in [1.807, 2.05) is 73.6 Å². The van der Waals surface area contributed by atoms with Crippen LogP contribution in [0.1, 0.15) is 5.56 Å². The Morgan fingerprint density at radius 3 is 2.38 bits per heavy atom. The third-order valence-electron chi connectivity index (χ3n) is 3.51. The number of nitrogens with zero attached hydrogens (tertiary/aromatic N) is 3. The summed E-state index contributed by atoms with van der Waals surface area (Å²) < 4.78 is 4.91. The van der Waals surface area contributed by atoms with Crippen molar-refractivity contribution in [3.8, 4) is 11.8 Å². The Hall–Kier alpha value is -3.26. The van der Waals surface area contributed by atoms with Gasteiger partial charge in [0.25, 0.3) is 0 Å². The molecule has 0 aliphatic heterocycles. The number of anilines is 2. The summed E-state index contributed by atoms with van der Waals surface area (Å²) in [4.78, 5) is 6.18. The maximum atomic E-state index is 8.88. The first kappa shape index (κ1) is 17.1. The second kappa shape index (κ2) is 7.84. The van der Waals surface area contributed by atoms with Gasteiger partial charge in [-0.15, -0.1) is 0 Å². The van der Waals surface area contributed by atoms with Gasteiger partial charge >= 0.3 is 0 Å². The summed E-state index contributed by atoms with van der Waals surface area (Å²) in [6.07, 6.45) is 1.51. The molecule has 0 aliphatic carbocycles. The maximum Gasteiger partial charge on any atom is 0.118 e. The number of nitriles is 1. The van der Waals surface area contributed by atoms with Crippen LogP contribution in [0.4, 0.5) is 11.4 Å². The fourth-order valence-electron chi connectivity index (χ4n) is 2.12. The van der Waals surface area contributed by atoms with Crippen LogP contribution in [0.3, 0.4) is 0 Å². The molecular formula is C19H20N4O. The van der Waals surface area contributed by atoms with Crippen molar-refractivity contribution in [2.45, 2.75) is 0 Å². The molecule has 1 aromatic heterocycles. The minimum absolute atomic E-state index is 0.420. The quantitative estimate of drug-likeness (QED) is 0.782. The molecule has 2 aromatic carbocycles. The summed E-state index contributed by atoms with van der Waals surface area (Å²) in [5.41, 5.74) is 8.68. The van der Waals surface area contributed by atoms with Crippen molar-refractivity contribution in [3.05, 3.63) is 60.3 Å². The summed E-state index contributed by atoms with van der Waals surface area (Å²) >= 11 is 0. The molecule has 1 heterocycles. The Kier molecular flexibility index (Phi) is 5.58. The van der Waals surface area contributed by atoms with Crippen molar-refractivity contribution in [3.63, 3.8) is 0 Å². The van der Waals surface area contributed by atoms with Crippen LogP contribution in [0.25, 0.3) is 10.9 Å². The number of para-hydroxylation sites is 1. The topological polar surface area (TPSA) is 75.2 Å². The lowest BCUT2D eigenvalue weighted by molar-refractivity contribution is 0.415. The van der Waals surface area contributed by atoms with Gasteiger partial charge in [0.1, 0.15) is 11.8 Å². The predicted octanol–water partition coefficient (Wildman–Crippen LogP) is 3.45. The van der Waals surface area contributed by atoms with E-state index in [0.717, 1.165) is 22.3 Å². The monoisotopic (exact) mass is 320 g/mol. The molecule has 0 radical (unpaired) electrons. The maximum absolute atomic E-state index is 8.88. The number of benzene rings is 2. The lowest BCUT2D eigenvalue weighted by atomic mass is 10.1. The van der Waals surface area contributed by atoms with E-state index < -0.39 is 0 Å². The smallest absolute Gasteiger partial charge is 0.118 e. The molecule has 0 aliphatic rings. The van der Waals surface area contributed by atoms with Gasteiger partial charge in [-0.2, -0.15) is 5.26 Å². The normalized spacial score (nSPS) is 9.58. The number of fused-ring (bicyclic) bond motifs is 1. The van der Waals surface area contributed by atoms with E-state index in [0.29, 0.717) is 11.3 Å². The highest BCUT2D eigenvalue weighted by Crippen LogP contribution is 2.26. The molecule has 0 unspecified atom stereocenters. The molecule has 24 heavy (non-hydrogen) atoms. The van der Waals surface area contributed by atoms with Gasteiger partial charge in [0.05, 0.1) is 23.9 Å². The number of ether oxygens (including phenoxy) is 1. The lowest BCUT2D eigenvalue weighted by Gasteiger charge is -2.13. The summed E-state index contributed by atoms with van der Waals surface area (Å²) in [7, 11) is 5.58. The highest BCUT2D eigenvalue weighted by Gasteiger charge is 2.06. The minimum Gasteiger partial charge on any atom is -0.497 e. The van der Waals surface area contributed by atoms with E-state index in [-0.39, 0.29) is 0 Å².